The van der Waals surface area contributed by atoms with Crippen LogP contribution < -0.4 is 5.73 Å². The normalized spacial score (nSPS) is 24.0. The first-order valence-corrected chi connectivity index (χ1v) is 8.20. The molecule has 1 aliphatic rings. The molecule has 2 N–H and O–H groups in total. The third kappa shape index (κ3) is 5.27. The van der Waals surface area contributed by atoms with Gasteiger partial charge in [0.25, 0.3) is 0 Å². The molecule has 0 aromatic heterocycles. The summed E-state index contributed by atoms with van der Waals surface area (Å²) in [6.45, 7) is 0. The lowest BCUT2D eigenvalue weighted by Crippen LogP contribution is -2.16. The number of rotatable bonds is 5. The second kappa shape index (κ2) is 8.79. The van der Waals surface area contributed by atoms with Crippen molar-refractivity contribution in [3.63, 3.8) is 0 Å². The minimum absolute atomic E-state index is 0.0552. The van der Waals surface area contributed by atoms with Gasteiger partial charge in [0.15, 0.2) is 6.08 Å². The van der Waals surface area contributed by atoms with E-state index in [-0.39, 0.29) is 17.8 Å². The monoisotopic (exact) mass is 398 g/mol. The van der Waals surface area contributed by atoms with E-state index in [2.05, 4.69) is 4.18 Å². The van der Waals surface area contributed by atoms with Gasteiger partial charge in [0.1, 0.15) is 5.70 Å². The van der Waals surface area contributed by atoms with Gasteiger partial charge in [-0.2, -0.15) is 18.0 Å². The fourth-order valence-electron chi connectivity index (χ4n) is 1.78. The van der Waals surface area contributed by atoms with E-state index < -0.39 is 75.1 Å². The minimum atomic E-state index is -5.58. The number of carbonyl (C=O) groups is 1. The first-order chi connectivity index (χ1) is 16.5. The Morgan fingerprint density at radius 2 is 1.81 bits per heavy atom. The lowest BCUT2D eigenvalue weighted by Gasteiger charge is -2.09. The van der Waals surface area contributed by atoms with Crippen molar-refractivity contribution >= 4 is 22.1 Å². The van der Waals surface area contributed by atoms with Gasteiger partial charge in [0.2, 0.25) is 17.4 Å². The van der Waals surface area contributed by atoms with E-state index in [4.69, 9.17) is 32.4 Å². The molecule has 0 saturated heterocycles. The number of ether oxygens (including phenoxy) is 1. The van der Waals surface area contributed by atoms with Crippen molar-refractivity contribution in [3.05, 3.63) is 83.3 Å². The number of hydrogen-bond acceptors (Lipinski definition) is 8. The summed E-state index contributed by atoms with van der Waals surface area (Å²) in [7, 11) is -5.58. The Labute approximate surface area is 168 Å². The molecule has 27 heavy (non-hydrogen) atoms. The van der Waals surface area contributed by atoms with Crippen LogP contribution in [0.15, 0.2) is 72.2 Å². The zero-order chi connectivity index (χ0) is 27.8. The van der Waals surface area contributed by atoms with Crippen LogP contribution in [-0.4, -0.2) is 20.4 Å². The van der Waals surface area contributed by atoms with Crippen LogP contribution in [0, 0.1) is 0 Å². The molecular formula is C18H15NO7S. The highest BCUT2D eigenvalue weighted by atomic mass is 32.2. The number of benzene rings is 2. The first-order valence-electron chi connectivity index (χ1n) is 11.3. The Balaban J connectivity index is 0.00000145. The maximum absolute atomic E-state index is 12.8. The molecule has 1 aliphatic heterocycles. The summed E-state index contributed by atoms with van der Waals surface area (Å²) < 4.78 is 105. The predicted octanol–water partition coefficient (Wildman–Crippen LogP) is 1.42. The molecular weight excluding hydrogens is 374 g/mol. The van der Waals surface area contributed by atoms with Gasteiger partial charge in [-0.3, -0.25) is 4.79 Å². The first kappa shape index (κ1) is 10.7. The van der Waals surface area contributed by atoms with E-state index in [0.29, 0.717) is 0 Å². The van der Waals surface area contributed by atoms with Gasteiger partial charge in [-0.1, -0.05) is 60.5 Å². The topological polar surface area (TPSA) is 130 Å². The van der Waals surface area contributed by atoms with E-state index in [1.165, 1.54) is 24.3 Å². The molecule has 0 fully saturated rings. The second-order valence-electron chi connectivity index (χ2n) is 4.47. The van der Waals surface area contributed by atoms with Crippen LogP contribution in [0.4, 0.5) is 0 Å². The van der Waals surface area contributed by atoms with Crippen molar-refractivity contribution in [1.29, 1.82) is 0 Å². The Kier molecular flexibility index (Phi) is 3.47. The third-order valence-corrected chi connectivity index (χ3v) is 3.59. The van der Waals surface area contributed by atoms with Gasteiger partial charge in [-0.05, 0) is 5.56 Å². The maximum Gasteiger partial charge on any atom is 0.373 e. The van der Waals surface area contributed by atoms with Crippen molar-refractivity contribution in [2.45, 2.75) is 11.8 Å². The SMILES string of the molecule is O=C=O.[2H]c1ccc(C2([2H])OC(N)=C(OS(=O)(=O)C([2H])([2H])c3c([2H])c([2H])c([2H])c([2H])c3[2H])C2=O)cc1. The molecule has 1 heterocycles. The van der Waals surface area contributed by atoms with Crippen LogP contribution in [0.2, 0.25) is 0 Å². The van der Waals surface area contributed by atoms with Crippen molar-refractivity contribution in [1.82, 2.24) is 0 Å². The fraction of sp³-hybridized carbons (Fsp3) is 0.111. The number of carbonyl (C=O) groups excluding carboxylic acids is 3. The van der Waals surface area contributed by atoms with Gasteiger partial charge in [-0.25, -0.2) is 0 Å². The van der Waals surface area contributed by atoms with E-state index in [9.17, 15) is 13.2 Å². The molecule has 2 aromatic carbocycles. The summed E-state index contributed by atoms with van der Waals surface area (Å²) in [5, 5.41) is 0. The van der Waals surface area contributed by atoms with Gasteiger partial charge >= 0.3 is 16.3 Å². The molecule has 1 unspecified atom stereocenters. The molecule has 0 spiro atoms. The smallest absolute Gasteiger partial charge is 0.373 e. The van der Waals surface area contributed by atoms with Crippen molar-refractivity contribution < 1.29 is 44.1 Å². The number of nitrogens with two attached hydrogens (primary N) is 1. The lowest BCUT2D eigenvalue weighted by molar-refractivity contribution is -0.191. The van der Waals surface area contributed by atoms with Crippen molar-refractivity contribution in [3.8, 4) is 0 Å². The van der Waals surface area contributed by atoms with Crippen LogP contribution in [0.1, 0.15) is 29.5 Å². The number of Topliss-reactive ketones (excluding diaryl/α,β-unsaturated/α-hetero) is 1. The summed E-state index contributed by atoms with van der Waals surface area (Å²) in [6.07, 6.45) is -2.33. The molecule has 9 heteroatoms. The molecule has 0 aliphatic carbocycles. The number of ketones is 1. The Morgan fingerprint density at radius 1 is 1.22 bits per heavy atom. The van der Waals surface area contributed by atoms with Crippen molar-refractivity contribution in [2.24, 2.45) is 5.73 Å². The Morgan fingerprint density at radius 3 is 2.41 bits per heavy atom. The van der Waals surface area contributed by atoms with E-state index in [1.807, 2.05) is 0 Å². The highest BCUT2D eigenvalue weighted by molar-refractivity contribution is 7.86. The van der Waals surface area contributed by atoms with Crippen molar-refractivity contribution in [2.75, 3.05) is 0 Å². The summed E-state index contributed by atoms with van der Waals surface area (Å²) >= 11 is 0. The maximum atomic E-state index is 12.8. The summed E-state index contributed by atoms with van der Waals surface area (Å²) in [5.74, 6) is -3.54. The largest absolute Gasteiger partial charge is 0.460 e. The predicted molar refractivity (Wildman–Crippen MR) is 91.6 cm³/mol. The molecule has 2 aromatic rings. The van der Waals surface area contributed by atoms with Gasteiger partial charge in [0, 0.05) is 5.56 Å². The van der Waals surface area contributed by atoms with Crippen LogP contribution in [0.5, 0.6) is 0 Å². The second-order valence-corrected chi connectivity index (χ2v) is 5.74. The number of hydrogen-bond donors (Lipinski definition) is 1. The molecule has 0 radical (unpaired) electrons. The Hall–Kier alpha value is -3.42. The molecule has 0 saturated carbocycles. The Bertz CT molecular complexity index is 1380. The molecule has 1 atom stereocenters. The quantitative estimate of drug-likeness (QED) is 0.749. The van der Waals surface area contributed by atoms with Gasteiger partial charge in [0.05, 0.1) is 12.3 Å². The molecule has 0 amide bonds. The summed E-state index contributed by atoms with van der Waals surface area (Å²) in [5.41, 5.74) is 0.461. The van der Waals surface area contributed by atoms with Crippen LogP contribution >= 0.6 is 0 Å². The molecule has 8 nitrogen and oxygen atoms in total. The zero-order valence-corrected chi connectivity index (χ0v) is 14.0. The summed E-state index contributed by atoms with van der Waals surface area (Å²) in [6, 6.07) is -0.145. The van der Waals surface area contributed by atoms with Gasteiger partial charge < -0.3 is 14.7 Å². The molecule has 140 valence electrons. The van der Waals surface area contributed by atoms with E-state index in [1.54, 1.807) is 0 Å². The van der Waals surface area contributed by atoms with E-state index in [0.717, 1.165) is 0 Å². The molecule has 3 rings (SSSR count). The third-order valence-electron chi connectivity index (χ3n) is 2.75. The average Bonchev–Trinajstić information content (AvgIpc) is 3.00. The van der Waals surface area contributed by atoms with Crippen LogP contribution in [-0.2, 0) is 39.1 Å². The molecule has 0 bridgehead atoms. The zero-order valence-electron chi connectivity index (χ0n) is 22.2. The minimum Gasteiger partial charge on any atom is -0.460 e. The van der Waals surface area contributed by atoms with Crippen LogP contribution in [0.3, 0.4) is 0 Å². The summed E-state index contributed by atoms with van der Waals surface area (Å²) in [4.78, 5) is 29.0. The lowest BCUT2D eigenvalue weighted by atomic mass is 10.1. The van der Waals surface area contributed by atoms with Gasteiger partial charge in [-0.15, -0.1) is 0 Å². The van der Waals surface area contributed by atoms with Crippen LogP contribution in [0.25, 0.3) is 0 Å². The highest BCUT2D eigenvalue weighted by Crippen LogP contribution is 2.32. The highest BCUT2D eigenvalue weighted by Gasteiger charge is 2.39. The fourth-order valence-corrected chi connectivity index (χ4v) is 2.55. The average molecular weight is 398 g/mol. The van der Waals surface area contributed by atoms with E-state index >= 15 is 0 Å². The standard InChI is InChI=1S/C17H15NO5S.CO2/c18-17-16(14(19)15(22-17)13-9-5-2-6-10-13)23-24(20,21)11-12-7-3-1-4-8-12;2-1-3/h1-10,15H,11,18H2;/i1D,2D,3D,4D,7D,8D,11D2,15D;.